The summed E-state index contributed by atoms with van der Waals surface area (Å²) in [6.07, 6.45) is 2.75. The number of carbonyl (C=O) groups is 1. The predicted molar refractivity (Wildman–Crippen MR) is 84.9 cm³/mol. The van der Waals surface area contributed by atoms with Crippen molar-refractivity contribution in [3.63, 3.8) is 0 Å². The zero-order chi connectivity index (χ0) is 15.0. The highest BCUT2D eigenvalue weighted by Crippen LogP contribution is 2.28. The van der Waals surface area contributed by atoms with E-state index >= 15 is 0 Å². The Morgan fingerprint density at radius 2 is 2.24 bits per heavy atom. The van der Waals surface area contributed by atoms with Crippen LogP contribution in [-0.2, 0) is 13.5 Å². The fourth-order valence-electron chi connectivity index (χ4n) is 2.33. The van der Waals surface area contributed by atoms with E-state index in [0.29, 0.717) is 10.8 Å². The van der Waals surface area contributed by atoms with Crippen molar-refractivity contribution in [2.24, 2.45) is 7.05 Å². The van der Waals surface area contributed by atoms with Crippen molar-refractivity contribution in [3.05, 3.63) is 41.2 Å². The molecular formula is C15H16N4OS. The largest absolute Gasteiger partial charge is 0.296 e. The Hall–Kier alpha value is -2.21. The van der Waals surface area contributed by atoms with E-state index in [1.165, 1.54) is 16.9 Å². The van der Waals surface area contributed by atoms with Gasteiger partial charge in [-0.3, -0.25) is 14.8 Å². The molecule has 0 unspecified atom stereocenters. The topological polar surface area (TPSA) is 59.8 Å². The van der Waals surface area contributed by atoms with Gasteiger partial charge in [-0.15, -0.1) is 0 Å². The molecule has 5 nitrogen and oxygen atoms in total. The number of nitrogens with one attached hydrogen (secondary N) is 1. The quantitative estimate of drug-likeness (QED) is 0.808. The van der Waals surface area contributed by atoms with Gasteiger partial charge in [-0.25, -0.2) is 4.98 Å². The molecule has 108 valence electrons. The molecule has 3 aromatic rings. The molecule has 1 N–H and O–H groups in total. The van der Waals surface area contributed by atoms with Crippen molar-refractivity contribution in [1.29, 1.82) is 0 Å². The molecule has 2 heterocycles. The first-order chi connectivity index (χ1) is 10.1. The van der Waals surface area contributed by atoms with Crippen LogP contribution in [-0.4, -0.2) is 20.7 Å². The summed E-state index contributed by atoms with van der Waals surface area (Å²) in [4.78, 5) is 16.8. The van der Waals surface area contributed by atoms with Gasteiger partial charge in [0.2, 0.25) is 0 Å². The Labute approximate surface area is 126 Å². The molecule has 0 radical (unpaired) electrons. The number of aryl methyl sites for hydroxylation is 3. The smallest absolute Gasteiger partial charge is 0.278 e. The Bertz CT molecular complexity index is 818. The first-order valence-corrected chi connectivity index (χ1v) is 7.60. The zero-order valence-corrected chi connectivity index (χ0v) is 13.0. The fraction of sp³-hybridized carbons (Fsp3) is 0.267. The summed E-state index contributed by atoms with van der Waals surface area (Å²) in [5.41, 5.74) is 3.45. The molecule has 0 fully saturated rings. The lowest BCUT2D eigenvalue weighted by Crippen LogP contribution is -2.13. The number of amides is 1. The molecule has 21 heavy (non-hydrogen) atoms. The third kappa shape index (κ3) is 2.54. The van der Waals surface area contributed by atoms with Gasteiger partial charge >= 0.3 is 0 Å². The average molecular weight is 300 g/mol. The van der Waals surface area contributed by atoms with Crippen molar-refractivity contribution in [1.82, 2.24) is 14.8 Å². The van der Waals surface area contributed by atoms with E-state index in [4.69, 9.17) is 0 Å². The van der Waals surface area contributed by atoms with Crippen LogP contribution in [0.1, 0.15) is 28.5 Å². The van der Waals surface area contributed by atoms with Crippen LogP contribution < -0.4 is 5.32 Å². The van der Waals surface area contributed by atoms with E-state index in [9.17, 15) is 4.79 Å². The van der Waals surface area contributed by atoms with Gasteiger partial charge in [-0.2, -0.15) is 5.10 Å². The van der Waals surface area contributed by atoms with Crippen molar-refractivity contribution in [2.75, 3.05) is 5.32 Å². The van der Waals surface area contributed by atoms with Crippen LogP contribution in [0.3, 0.4) is 0 Å². The first kappa shape index (κ1) is 13.8. The van der Waals surface area contributed by atoms with E-state index in [-0.39, 0.29) is 5.91 Å². The van der Waals surface area contributed by atoms with Crippen molar-refractivity contribution >= 4 is 32.6 Å². The molecule has 0 aliphatic rings. The lowest BCUT2D eigenvalue weighted by atomic mass is 10.1. The summed E-state index contributed by atoms with van der Waals surface area (Å²) in [6.45, 7) is 3.97. The van der Waals surface area contributed by atoms with Gasteiger partial charge in [0, 0.05) is 18.8 Å². The minimum Gasteiger partial charge on any atom is -0.296 e. The summed E-state index contributed by atoms with van der Waals surface area (Å²) in [5.74, 6) is -0.217. The highest BCUT2D eigenvalue weighted by molar-refractivity contribution is 7.22. The third-order valence-electron chi connectivity index (χ3n) is 3.33. The maximum absolute atomic E-state index is 12.3. The average Bonchev–Trinajstić information content (AvgIpc) is 3.00. The van der Waals surface area contributed by atoms with Gasteiger partial charge in [0.25, 0.3) is 5.91 Å². The van der Waals surface area contributed by atoms with Crippen LogP contribution >= 0.6 is 11.3 Å². The summed E-state index contributed by atoms with van der Waals surface area (Å²) in [5, 5.41) is 7.63. The van der Waals surface area contributed by atoms with Crippen molar-refractivity contribution in [2.45, 2.75) is 20.3 Å². The number of aromatic nitrogens is 3. The van der Waals surface area contributed by atoms with E-state index in [1.54, 1.807) is 11.7 Å². The Morgan fingerprint density at radius 1 is 1.43 bits per heavy atom. The maximum atomic E-state index is 12.3. The van der Waals surface area contributed by atoms with Crippen LogP contribution in [0.4, 0.5) is 5.13 Å². The summed E-state index contributed by atoms with van der Waals surface area (Å²) in [6, 6.07) is 6.11. The van der Waals surface area contributed by atoms with Gasteiger partial charge < -0.3 is 0 Å². The zero-order valence-electron chi connectivity index (χ0n) is 12.2. The molecule has 0 saturated heterocycles. The molecule has 3 rings (SSSR count). The number of fused-ring (bicyclic) bond motifs is 1. The number of para-hydroxylation sites is 1. The van der Waals surface area contributed by atoms with Gasteiger partial charge in [0.15, 0.2) is 10.8 Å². The van der Waals surface area contributed by atoms with Crippen LogP contribution in [0.2, 0.25) is 0 Å². The standard InChI is InChI=1S/C15H16N4OS/c1-4-10-6-5-7-11-13(10)16-15(21-11)17-14(20)12-9(2)8-19(3)18-12/h5-8H,4H2,1-3H3,(H,16,17,20). The van der Waals surface area contributed by atoms with Gasteiger partial charge in [-0.1, -0.05) is 30.4 Å². The first-order valence-electron chi connectivity index (χ1n) is 6.78. The number of carbonyl (C=O) groups excluding carboxylic acids is 1. The lowest BCUT2D eigenvalue weighted by molar-refractivity contribution is 0.102. The second-order valence-corrected chi connectivity index (χ2v) is 5.96. The van der Waals surface area contributed by atoms with E-state index in [0.717, 1.165) is 22.2 Å². The van der Waals surface area contributed by atoms with E-state index < -0.39 is 0 Å². The molecule has 0 aliphatic heterocycles. The number of hydrogen-bond acceptors (Lipinski definition) is 4. The lowest BCUT2D eigenvalue weighted by Gasteiger charge is -1.98. The van der Waals surface area contributed by atoms with Gasteiger partial charge in [0.05, 0.1) is 10.2 Å². The third-order valence-corrected chi connectivity index (χ3v) is 4.27. The van der Waals surface area contributed by atoms with Crippen molar-refractivity contribution < 1.29 is 4.79 Å². The van der Waals surface area contributed by atoms with E-state index in [1.807, 2.05) is 25.3 Å². The highest BCUT2D eigenvalue weighted by Gasteiger charge is 2.15. The molecule has 2 aromatic heterocycles. The molecule has 6 heteroatoms. The summed E-state index contributed by atoms with van der Waals surface area (Å²) >= 11 is 1.48. The Morgan fingerprint density at radius 3 is 2.90 bits per heavy atom. The minimum atomic E-state index is -0.217. The molecule has 0 spiro atoms. The SMILES string of the molecule is CCc1cccc2sc(NC(=O)c3nn(C)cc3C)nc12. The molecule has 0 saturated carbocycles. The number of rotatable bonds is 3. The van der Waals surface area contributed by atoms with Crippen LogP contribution in [0.5, 0.6) is 0 Å². The molecule has 0 atom stereocenters. The number of hydrogen-bond donors (Lipinski definition) is 1. The minimum absolute atomic E-state index is 0.217. The maximum Gasteiger partial charge on any atom is 0.278 e. The second kappa shape index (κ2) is 5.29. The molecule has 1 amide bonds. The summed E-state index contributed by atoms with van der Waals surface area (Å²) in [7, 11) is 1.80. The Balaban J connectivity index is 1.91. The van der Waals surface area contributed by atoms with Crippen molar-refractivity contribution in [3.8, 4) is 0 Å². The highest BCUT2D eigenvalue weighted by atomic mass is 32.1. The number of nitrogens with zero attached hydrogens (tertiary/aromatic N) is 3. The monoisotopic (exact) mass is 300 g/mol. The molecule has 1 aromatic carbocycles. The number of anilines is 1. The normalized spacial score (nSPS) is 11.0. The van der Waals surface area contributed by atoms with Crippen LogP contribution in [0.15, 0.2) is 24.4 Å². The Kier molecular flexibility index (Phi) is 3.47. The van der Waals surface area contributed by atoms with Crippen LogP contribution in [0.25, 0.3) is 10.2 Å². The summed E-state index contributed by atoms with van der Waals surface area (Å²) < 4.78 is 2.72. The van der Waals surface area contributed by atoms with Crippen LogP contribution in [0, 0.1) is 6.92 Å². The van der Waals surface area contributed by atoms with Gasteiger partial charge in [-0.05, 0) is 25.0 Å². The number of benzene rings is 1. The fourth-order valence-corrected chi connectivity index (χ4v) is 3.24. The van der Waals surface area contributed by atoms with E-state index in [2.05, 4.69) is 28.4 Å². The second-order valence-electron chi connectivity index (χ2n) is 4.92. The molecule has 0 aliphatic carbocycles. The predicted octanol–water partition coefficient (Wildman–Crippen LogP) is 3.15. The van der Waals surface area contributed by atoms with Gasteiger partial charge in [0.1, 0.15) is 0 Å². The molecular weight excluding hydrogens is 284 g/mol. The molecule has 0 bridgehead atoms. The number of thiazole rings is 1.